The summed E-state index contributed by atoms with van der Waals surface area (Å²) in [5.41, 5.74) is 1.05. The highest BCUT2D eigenvalue weighted by atomic mass is 16.1. The summed E-state index contributed by atoms with van der Waals surface area (Å²) >= 11 is 0. The van der Waals surface area contributed by atoms with Gasteiger partial charge >= 0.3 is 5.69 Å². The topological polar surface area (TPSA) is 51.9 Å². The highest BCUT2D eigenvalue weighted by Crippen LogP contribution is 2.07. The first-order chi connectivity index (χ1) is 8.20. The quantitative estimate of drug-likeness (QED) is 0.857. The molecular formula is C12H16N4O. The normalized spacial score (nSPS) is 10.5. The van der Waals surface area contributed by atoms with Crippen LogP contribution in [0.25, 0.3) is 0 Å². The van der Waals surface area contributed by atoms with Gasteiger partial charge in [-0.3, -0.25) is 4.57 Å². The van der Waals surface area contributed by atoms with E-state index in [1.807, 2.05) is 19.1 Å². The largest absolute Gasteiger partial charge is 0.370 e. The number of pyridine rings is 1. The number of aryl methyl sites for hydroxylation is 1. The Kier molecular flexibility index (Phi) is 3.27. The lowest BCUT2D eigenvalue weighted by Gasteiger charge is -2.05. The molecule has 2 rings (SSSR count). The molecule has 1 N–H and O–H groups in total. The van der Waals surface area contributed by atoms with E-state index in [2.05, 4.69) is 10.3 Å². The fourth-order valence-corrected chi connectivity index (χ4v) is 1.68. The van der Waals surface area contributed by atoms with Crippen LogP contribution in [0.2, 0.25) is 0 Å². The van der Waals surface area contributed by atoms with Gasteiger partial charge < -0.3 is 9.88 Å². The number of nitrogens with zero attached hydrogens (tertiary/aromatic N) is 3. The van der Waals surface area contributed by atoms with Crippen LogP contribution in [-0.2, 0) is 13.6 Å². The molecule has 0 saturated carbocycles. The molecule has 0 aliphatic carbocycles. The van der Waals surface area contributed by atoms with Crippen molar-refractivity contribution in [2.45, 2.75) is 13.5 Å². The van der Waals surface area contributed by atoms with Gasteiger partial charge in [-0.2, -0.15) is 0 Å². The smallest absolute Gasteiger partial charge is 0.328 e. The molecule has 2 heterocycles. The highest BCUT2D eigenvalue weighted by molar-refractivity contribution is 5.37. The number of hydrogen-bond donors (Lipinski definition) is 1. The Balaban J connectivity index is 2.21. The lowest BCUT2D eigenvalue weighted by atomic mass is 10.2. The maximum Gasteiger partial charge on any atom is 0.328 e. The lowest BCUT2D eigenvalue weighted by molar-refractivity contribution is 0.717. The standard InChI is InChI=1S/C12H16N4O/c1-3-13-11-8-10(4-5-14-11)9-16-7-6-15(2)12(16)17/h4-8H,3,9H2,1-2H3,(H,13,14). The second-order valence-electron chi connectivity index (χ2n) is 3.90. The Morgan fingerprint density at radius 2 is 2.24 bits per heavy atom. The summed E-state index contributed by atoms with van der Waals surface area (Å²) in [7, 11) is 1.75. The highest BCUT2D eigenvalue weighted by Gasteiger charge is 2.02. The molecule has 0 saturated heterocycles. The monoisotopic (exact) mass is 232 g/mol. The SMILES string of the molecule is CCNc1cc(Cn2ccn(C)c2=O)ccn1. The van der Waals surface area contributed by atoms with Crippen molar-refractivity contribution in [3.63, 3.8) is 0 Å². The fraction of sp³-hybridized carbons (Fsp3) is 0.333. The van der Waals surface area contributed by atoms with Crippen LogP contribution >= 0.6 is 0 Å². The molecule has 0 aliphatic heterocycles. The minimum Gasteiger partial charge on any atom is -0.370 e. The zero-order chi connectivity index (χ0) is 12.3. The third kappa shape index (κ3) is 2.55. The minimum atomic E-state index is -0.00758. The summed E-state index contributed by atoms with van der Waals surface area (Å²) in [6.45, 7) is 3.43. The molecule has 0 spiro atoms. The van der Waals surface area contributed by atoms with Crippen LogP contribution in [0, 0.1) is 0 Å². The van der Waals surface area contributed by atoms with Gasteiger partial charge in [0.05, 0.1) is 6.54 Å². The van der Waals surface area contributed by atoms with Gasteiger partial charge in [-0.25, -0.2) is 9.78 Å². The molecular weight excluding hydrogens is 216 g/mol. The predicted octanol–water partition coefficient (Wildman–Crippen LogP) is 1.06. The summed E-state index contributed by atoms with van der Waals surface area (Å²) in [4.78, 5) is 15.9. The summed E-state index contributed by atoms with van der Waals surface area (Å²) in [6, 6.07) is 3.88. The number of nitrogens with one attached hydrogen (secondary N) is 1. The maximum absolute atomic E-state index is 11.7. The Labute approximate surface area is 99.7 Å². The van der Waals surface area contributed by atoms with E-state index in [9.17, 15) is 4.79 Å². The third-order valence-corrected chi connectivity index (χ3v) is 2.55. The van der Waals surface area contributed by atoms with Gasteiger partial charge in [0.15, 0.2) is 0 Å². The fourth-order valence-electron chi connectivity index (χ4n) is 1.68. The second kappa shape index (κ2) is 4.86. The molecule has 0 amide bonds. The maximum atomic E-state index is 11.7. The Hall–Kier alpha value is -2.04. The molecule has 0 bridgehead atoms. The lowest BCUT2D eigenvalue weighted by Crippen LogP contribution is -2.22. The minimum absolute atomic E-state index is 0.00758. The molecule has 0 unspecified atom stereocenters. The molecule has 0 atom stereocenters. The average molecular weight is 232 g/mol. The van der Waals surface area contributed by atoms with Crippen molar-refractivity contribution in [3.05, 3.63) is 46.8 Å². The van der Waals surface area contributed by atoms with E-state index in [0.717, 1.165) is 17.9 Å². The van der Waals surface area contributed by atoms with E-state index in [1.54, 1.807) is 34.8 Å². The van der Waals surface area contributed by atoms with Crippen molar-refractivity contribution in [2.75, 3.05) is 11.9 Å². The number of rotatable bonds is 4. The summed E-state index contributed by atoms with van der Waals surface area (Å²) in [6.07, 6.45) is 5.30. The van der Waals surface area contributed by atoms with Crippen LogP contribution < -0.4 is 11.0 Å². The van der Waals surface area contributed by atoms with Crippen LogP contribution in [0.15, 0.2) is 35.5 Å². The van der Waals surface area contributed by atoms with Crippen LogP contribution in [0.4, 0.5) is 5.82 Å². The third-order valence-electron chi connectivity index (χ3n) is 2.55. The van der Waals surface area contributed by atoms with Gasteiger partial charge in [0.25, 0.3) is 0 Å². The van der Waals surface area contributed by atoms with E-state index in [0.29, 0.717) is 6.54 Å². The van der Waals surface area contributed by atoms with Gasteiger partial charge in [0.1, 0.15) is 5.82 Å². The van der Waals surface area contributed by atoms with E-state index in [4.69, 9.17) is 0 Å². The van der Waals surface area contributed by atoms with Crippen molar-refractivity contribution >= 4 is 5.82 Å². The zero-order valence-electron chi connectivity index (χ0n) is 10.1. The van der Waals surface area contributed by atoms with Crippen molar-refractivity contribution < 1.29 is 0 Å². The first-order valence-corrected chi connectivity index (χ1v) is 5.61. The van der Waals surface area contributed by atoms with Gasteiger partial charge in [0.2, 0.25) is 0 Å². The molecule has 2 aromatic rings. The molecule has 5 heteroatoms. The average Bonchev–Trinajstić information content (AvgIpc) is 2.62. The summed E-state index contributed by atoms with van der Waals surface area (Å²) < 4.78 is 3.23. The molecule has 2 aromatic heterocycles. The van der Waals surface area contributed by atoms with E-state index < -0.39 is 0 Å². The van der Waals surface area contributed by atoms with Crippen LogP contribution in [0.5, 0.6) is 0 Å². The van der Waals surface area contributed by atoms with Gasteiger partial charge in [-0.15, -0.1) is 0 Å². The van der Waals surface area contributed by atoms with Gasteiger partial charge in [-0.1, -0.05) is 0 Å². The van der Waals surface area contributed by atoms with Gasteiger partial charge in [-0.05, 0) is 24.6 Å². The molecule has 0 aliphatic rings. The number of hydrogen-bond acceptors (Lipinski definition) is 3. The Bertz CT molecular complexity index is 556. The summed E-state index contributed by atoms with van der Waals surface area (Å²) in [5.74, 6) is 0.842. The van der Waals surface area contributed by atoms with Crippen molar-refractivity contribution in [3.8, 4) is 0 Å². The second-order valence-corrected chi connectivity index (χ2v) is 3.90. The first-order valence-electron chi connectivity index (χ1n) is 5.61. The van der Waals surface area contributed by atoms with Crippen LogP contribution in [0.1, 0.15) is 12.5 Å². The molecule has 0 aromatic carbocycles. The Morgan fingerprint density at radius 3 is 2.88 bits per heavy atom. The van der Waals surface area contributed by atoms with Crippen molar-refractivity contribution in [1.29, 1.82) is 0 Å². The number of anilines is 1. The number of aromatic nitrogens is 3. The summed E-state index contributed by atoms with van der Waals surface area (Å²) in [5, 5.41) is 3.15. The molecule has 0 radical (unpaired) electrons. The van der Waals surface area contributed by atoms with Crippen molar-refractivity contribution in [2.24, 2.45) is 7.05 Å². The van der Waals surface area contributed by atoms with Crippen LogP contribution in [-0.4, -0.2) is 20.7 Å². The van der Waals surface area contributed by atoms with Crippen LogP contribution in [0.3, 0.4) is 0 Å². The molecule has 90 valence electrons. The van der Waals surface area contributed by atoms with E-state index >= 15 is 0 Å². The number of imidazole rings is 1. The molecule has 5 nitrogen and oxygen atoms in total. The Morgan fingerprint density at radius 1 is 1.41 bits per heavy atom. The molecule has 17 heavy (non-hydrogen) atoms. The zero-order valence-corrected chi connectivity index (χ0v) is 10.1. The first kappa shape index (κ1) is 11.4. The predicted molar refractivity (Wildman–Crippen MR) is 67.2 cm³/mol. The van der Waals surface area contributed by atoms with Gasteiger partial charge in [0, 0.05) is 32.2 Å². The molecule has 0 fully saturated rings. The van der Waals surface area contributed by atoms with E-state index in [1.165, 1.54) is 0 Å². The van der Waals surface area contributed by atoms with E-state index in [-0.39, 0.29) is 5.69 Å². The van der Waals surface area contributed by atoms with Crippen molar-refractivity contribution in [1.82, 2.24) is 14.1 Å².